The summed E-state index contributed by atoms with van der Waals surface area (Å²) in [5.41, 5.74) is 9.49. The predicted molar refractivity (Wildman–Crippen MR) is 83.9 cm³/mol. The van der Waals surface area contributed by atoms with Crippen molar-refractivity contribution in [2.45, 2.75) is 32.7 Å². The van der Waals surface area contributed by atoms with E-state index in [4.69, 9.17) is 5.73 Å². The first-order chi connectivity index (χ1) is 10.5. The third-order valence-corrected chi connectivity index (χ3v) is 4.01. The average Bonchev–Trinajstić information content (AvgIpc) is 2.96. The summed E-state index contributed by atoms with van der Waals surface area (Å²) in [4.78, 5) is 14.3. The van der Waals surface area contributed by atoms with Crippen LogP contribution < -0.4 is 5.73 Å². The Morgan fingerprint density at radius 2 is 1.82 bits per heavy atom. The Kier molecular flexibility index (Phi) is 3.94. The summed E-state index contributed by atoms with van der Waals surface area (Å²) in [5.74, 6) is -0.0671. The second kappa shape index (κ2) is 5.88. The summed E-state index contributed by atoms with van der Waals surface area (Å²) in [6.45, 7) is 5.46. The van der Waals surface area contributed by atoms with Crippen molar-refractivity contribution in [3.05, 3.63) is 41.2 Å². The minimum Gasteiger partial charge on any atom is -0.337 e. The van der Waals surface area contributed by atoms with Crippen LogP contribution in [-0.4, -0.2) is 44.9 Å². The van der Waals surface area contributed by atoms with Crippen molar-refractivity contribution in [2.75, 3.05) is 13.1 Å². The zero-order chi connectivity index (χ0) is 15.7. The molecule has 1 aliphatic heterocycles. The van der Waals surface area contributed by atoms with Crippen molar-refractivity contribution in [2.24, 2.45) is 5.73 Å². The summed E-state index contributed by atoms with van der Waals surface area (Å²) in [6, 6.07) is 6.35. The van der Waals surface area contributed by atoms with E-state index in [2.05, 4.69) is 16.4 Å². The molecule has 1 aliphatic rings. The Labute approximate surface area is 129 Å². The van der Waals surface area contributed by atoms with Crippen LogP contribution in [0.15, 0.2) is 24.4 Å². The molecule has 1 amide bonds. The first-order valence-corrected chi connectivity index (χ1v) is 7.59. The average molecular weight is 299 g/mol. The van der Waals surface area contributed by atoms with Gasteiger partial charge in [-0.25, -0.2) is 4.68 Å². The van der Waals surface area contributed by atoms with E-state index in [0.29, 0.717) is 18.8 Å². The lowest BCUT2D eigenvalue weighted by atomic mass is 10.1. The molecular weight excluding hydrogens is 278 g/mol. The molecule has 3 rings (SSSR count). The van der Waals surface area contributed by atoms with Gasteiger partial charge in [0.25, 0.3) is 5.91 Å². The molecule has 6 heteroatoms. The van der Waals surface area contributed by atoms with E-state index < -0.39 is 0 Å². The smallest absolute Gasteiger partial charge is 0.276 e. The number of amides is 1. The lowest BCUT2D eigenvalue weighted by molar-refractivity contribution is 0.0708. The lowest BCUT2D eigenvalue weighted by Gasteiger charge is -2.29. The van der Waals surface area contributed by atoms with E-state index in [1.165, 1.54) is 0 Å². The third kappa shape index (κ3) is 3.01. The van der Waals surface area contributed by atoms with Crippen molar-refractivity contribution >= 4 is 5.91 Å². The molecule has 2 heterocycles. The topological polar surface area (TPSA) is 77.0 Å². The molecule has 1 aromatic carbocycles. The maximum absolute atomic E-state index is 12.5. The number of carbonyl (C=O) groups is 1. The molecule has 0 atom stereocenters. The molecule has 6 nitrogen and oxygen atoms in total. The van der Waals surface area contributed by atoms with Gasteiger partial charge in [-0.3, -0.25) is 4.79 Å². The van der Waals surface area contributed by atoms with Crippen LogP contribution in [0.3, 0.4) is 0 Å². The molecule has 22 heavy (non-hydrogen) atoms. The number of nitrogens with two attached hydrogens (primary N) is 1. The number of rotatable bonds is 2. The third-order valence-electron chi connectivity index (χ3n) is 4.01. The molecule has 0 radical (unpaired) electrons. The second-order valence-electron chi connectivity index (χ2n) is 6.02. The number of benzene rings is 1. The summed E-state index contributed by atoms with van der Waals surface area (Å²) in [5, 5.41) is 8.13. The van der Waals surface area contributed by atoms with Crippen LogP contribution in [0.5, 0.6) is 0 Å². The molecule has 0 spiro atoms. The number of piperidine rings is 1. The zero-order valence-corrected chi connectivity index (χ0v) is 13.0. The van der Waals surface area contributed by atoms with Gasteiger partial charge in [0, 0.05) is 19.1 Å². The number of aryl methyl sites for hydroxylation is 2. The molecule has 1 aromatic heterocycles. The van der Waals surface area contributed by atoms with Gasteiger partial charge < -0.3 is 10.6 Å². The van der Waals surface area contributed by atoms with Crippen molar-refractivity contribution in [3.63, 3.8) is 0 Å². The molecule has 0 aliphatic carbocycles. The van der Waals surface area contributed by atoms with Crippen LogP contribution in [0.4, 0.5) is 0 Å². The Balaban J connectivity index is 1.80. The van der Waals surface area contributed by atoms with Crippen LogP contribution in [-0.2, 0) is 0 Å². The number of aromatic nitrogens is 3. The number of hydrogen-bond acceptors (Lipinski definition) is 4. The minimum atomic E-state index is -0.0671. The van der Waals surface area contributed by atoms with Gasteiger partial charge in [-0.05, 0) is 49.9 Å². The van der Waals surface area contributed by atoms with Gasteiger partial charge in [-0.15, -0.1) is 5.10 Å². The monoisotopic (exact) mass is 299 g/mol. The molecular formula is C16H21N5O. The Bertz CT molecular complexity index is 665. The van der Waals surface area contributed by atoms with E-state index in [-0.39, 0.29) is 11.9 Å². The molecule has 1 fully saturated rings. The van der Waals surface area contributed by atoms with Crippen LogP contribution in [0.25, 0.3) is 5.69 Å². The Morgan fingerprint density at radius 3 is 2.45 bits per heavy atom. The number of likely N-dealkylation sites (tertiary alicyclic amines) is 1. The van der Waals surface area contributed by atoms with Gasteiger partial charge in [-0.1, -0.05) is 11.3 Å². The van der Waals surface area contributed by atoms with Gasteiger partial charge in [0.05, 0.1) is 11.9 Å². The predicted octanol–water partition coefficient (Wildman–Crippen LogP) is 1.45. The van der Waals surface area contributed by atoms with Crippen molar-refractivity contribution in [1.82, 2.24) is 19.9 Å². The highest BCUT2D eigenvalue weighted by atomic mass is 16.2. The largest absolute Gasteiger partial charge is 0.337 e. The molecule has 2 N–H and O–H groups in total. The SMILES string of the molecule is Cc1cc(C)cc(-n2cc(C(=O)N3CCC(N)CC3)nn2)c1. The van der Waals surface area contributed by atoms with Crippen molar-refractivity contribution in [3.8, 4) is 5.69 Å². The highest BCUT2D eigenvalue weighted by molar-refractivity contribution is 5.92. The fourth-order valence-electron chi connectivity index (χ4n) is 2.84. The van der Waals surface area contributed by atoms with E-state index in [1.807, 2.05) is 26.0 Å². The first kappa shape index (κ1) is 14.7. The maximum atomic E-state index is 12.5. The molecule has 2 aromatic rings. The van der Waals surface area contributed by atoms with Crippen LogP contribution >= 0.6 is 0 Å². The van der Waals surface area contributed by atoms with Gasteiger partial charge in [0.1, 0.15) is 0 Å². The van der Waals surface area contributed by atoms with Gasteiger partial charge in [0.2, 0.25) is 0 Å². The van der Waals surface area contributed by atoms with Crippen LogP contribution in [0.1, 0.15) is 34.5 Å². The lowest BCUT2D eigenvalue weighted by Crippen LogP contribution is -2.43. The molecule has 0 bridgehead atoms. The minimum absolute atomic E-state index is 0.0671. The number of carbonyl (C=O) groups excluding carboxylic acids is 1. The first-order valence-electron chi connectivity index (χ1n) is 7.59. The van der Waals surface area contributed by atoms with E-state index in [1.54, 1.807) is 15.8 Å². The summed E-state index contributed by atoms with van der Waals surface area (Å²) < 4.78 is 1.66. The Morgan fingerprint density at radius 1 is 1.18 bits per heavy atom. The highest BCUT2D eigenvalue weighted by Gasteiger charge is 2.23. The van der Waals surface area contributed by atoms with Gasteiger partial charge in [-0.2, -0.15) is 0 Å². The highest BCUT2D eigenvalue weighted by Crippen LogP contribution is 2.15. The zero-order valence-electron chi connectivity index (χ0n) is 13.0. The van der Waals surface area contributed by atoms with Gasteiger partial charge in [0.15, 0.2) is 5.69 Å². The van der Waals surface area contributed by atoms with E-state index >= 15 is 0 Å². The Hall–Kier alpha value is -2.21. The fraction of sp³-hybridized carbons (Fsp3) is 0.438. The molecule has 0 unspecified atom stereocenters. The standard InChI is InChI=1S/C16H21N5O/c1-11-7-12(2)9-14(8-11)21-10-15(18-19-21)16(22)20-5-3-13(17)4-6-20/h7-10,13H,3-6,17H2,1-2H3. The molecule has 0 saturated carbocycles. The van der Waals surface area contributed by atoms with Crippen molar-refractivity contribution < 1.29 is 4.79 Å². The van der Waals surface area contributed by atoms with E-state index in [9.17, 15) is 4.79 Å². The fourth-order valence-corrected chi connectivity index (χ4v) is 2.84. The van der Waals surface area contributed by atoms with E-state index in [0.717, 1.165) is 29.7 Å². The number of hydrogen-bond donors (Lipinski definition) is 1. The molecule has 116 valence electrons. The van der Waals surface area contributed by atoms with Crippen LogP contribution in [0, 0.1) is 13.8 Å². The van der Waals surface area contributed by atoms with Crippen molar-refractivity contribution in [1.29, 1.82) is 0 Å². The maximum Gasteiger partial charge on any atom is 0.276 e. The van der Waals surface area contributed by atoms with Gasteiger partial charge >= 0.3 is 0 Å². The summed E-state index contributed by atoms with van der Waals surface area (Å²) >= 11 is 0. The quantitative estimate of drug-likeness (QED) is 0.910. The summed E-state index contributed by atoms with van der Waals surface area (Å²) in [7, 11) is 0. The molecule has 1 saturated heterocycles. The normalized spacial score (nSPS) is 16.0. The second-order valence-corrected chi connectivity index (χ2v) is 6.02. The summed E-state index contributed by atoms with van der Waals surface area (Å²) in [6.07, 6.45) is 3.39. The van der Waals surface area contributed by atoms with Crippen LogP contribution in [0.2, 0.25) is 0 Å². The number of nitrogens with zero attached hydrogens (tertiary/aromatic N) is 4.